The number of methoxy groups -OCH3 is 1. The molecule has 0 aromatic heterocycles. The van der Waals surface area contributed by atoms with E-state index in [0.717, 1.165) is 25.7 Å². The summed E-state index contributed by atoms with van der Waals surface area (Å²) in [6, 6.07) is 10.3. The van der Waals surface area contributed by atoms with Gasteiger partial charge in [-0.1, -0.05) is 42.5 Å². The largest absolute Gasteiger partial charge is 0.469 e. The molecule has 0 atom stereocenters. The summed E-state index contributed by atoms with van der Waals surface area (Å²) in [5, 5.41) is 0. The van der Waals surface area contributed by atoms with Crippen molar-refractivity contribution in [2.24, 2.45) is 11.8 Å². The van der Waals surface area contributed by atoms with E-state index in [0.29, 0.717) is 5.92 Å². The maximum Gasteiger partial charge on any atom is 0.308 e. The molecular formula is C16H20O2. The van der Waals surface area contributed by atoms with Gasteiger partial charge in [0.05, 0.1) is 13.0 Å². The van der Waals surface area contributed by atoms with Gasteiger partial charge in [0.25, 0.3) is 0 Å². The molecule has 1 aromatic carbocycles. The summed E-state index contributed by atoms with van der Waals surface area (Å²) < 4.78 is 4.80. The van der Waals surface area contributed by atoms with Crippen molar-refractivity contribution < 1.29 is 9.53 Å². The van der Waals surface area contributed by atoms with E-state index in [1.807, 2.05) is 18.2 Å². The van der Waals surface area contributed by atoms with Crippen LogP contribution in [0.2, 0.25) is 0 Å². The zero-order valence-electron chi connectivity index (χ0n) is 10.8. The standard InChI is InChI=1S/C16H20O2/c1-18-16(17)15-11-9-14(10-12-15)8-7-13-5-3-2-4-6-13/h2-8,14-15H,9-12H2,1H3/b8-7+/t14-,15+. The number of rotatable bonds is 3. The van der Waals surface area contributed by atoms with Crippen molar-refractivity contribution in [1.29, 1.82) is 0 Å². The Kier molecular flexibility index (Phi) is 4.57. The summed E-state index contributed by atoms with van der Waals surface area (Å²) in [4.78, 5) is 11.4. The lowest BCUT2D eigenvalue weighted by Crippen LogP contribution is -2.22. The molecule has 1 fully saturated rings. The van der Waals surface area contributed by atoms with E-state index in [4.69, 9.17) is 4.74 Å². The molecule has 0 radical (unpaired) electrons. The highest BCUT2D eigenvalue weighted by Crippen LogP contribution is 2.30. The Morgan fingerprint density at radius 1 is 1.17 bits per heavy atom. The number of esters is 1. The molecule has 2 rings (SSSR count). The van der Waals surface area contributed by atoms with Gasteiger partial charge in [0.15, 0.2) is 0 Å². The maximum atomic E-state index is 11.4. The predicted octanol–water partition coefficient (Wildman–Crippen LogP) is 3.68. The number of allylic oxidation sites excluding steroid dienone is 1. The Bertz CT molecular complexity index is 400. The van der Waals surface area contributed by atoms with Crippen LogP contribution >= 0.6 is 0 Å². The molecule has 0 amide bonds. The minimum absolute atomic E-state index is 0.0412. The number of ether oxygens (including phenoxy) is 1. The molecule has 0 N–H and O–H groups in total. The van der Waals surface area contributed by atoms with Crippen LogP contribution in [0.4, 0.5) is 0 Å². The highest BCUT2D eigenvalue weighted by molar-refractivity contribution is 5.72. The van der Waals surface area contributed by atoms with Crippen LogP contribution in [0.5, 0.6) is 0 Å². The van der Waals surface area contributed by atoms with Crippen LogP contribution in [0.15, 0.2) is 36.4 Å². The number of carbonyl (C=O) groups excluding carboxylic acids is 1. The summed E-state index contributed by atoms with van der Waals surface area (Å²) in [5.74, 6) is 0.683. The number of hydrogen-bond donors (Lipinski definition) is 0. The Balaban J connectivity index is 1.84. The molecule has 1 aliphatic rings. The van der Waals surface area contributed by atoms with Gasteiger partial charge >= 0.3 is 5.97 Å². The molecule has 0 bridgehead atoms. The second-order valence-corrected chi connectivity index (χ2v) is 4.90. The SMILES string of the molecule is COC(=O)[C@H]1CC[C@@H](/C=C/c2ccccc2)CC1. The van der Waals surface area contributed by atoms with Crippen LogP contribution in [0, 0.1) is 11.8 Å². The minimum Gasteiger partial charge on any atom is -0.469 e. The lowest BCUT2D eigenvalue weighted by molar-refractivity contribution is -0.146. The van der Waals surface area contributed by atoms with E-state index in [9.17, 15) is 4.79 Å². The van der Waals surface area contributed by atoms with Crippen molar-refractivity contribution in [2.75, 3.05) is 7.11 Å². The molecule has 1 saturated carbocycles. The highest BCUT2D eigenvalue weighted by Gasteiger charge is 2.25. The molecule has 2 nitrogen and oxygen atoms in total. The van der Waals surface area contributed by atoms with Crippen molar-refractivity contribution >= 4 is 12.0 Å². The third kappa shape index (κ3) is 3.46. The molecule has 0 heterocycles. The summed E-state index contributed by atoms with van der Waals surface area (Å²) >= 11 is 0. The first kappa shape index (κ1) is 12.9. The Hall–Kier alpha value is -1.57. The molecule has 1 aromatic rings. The molecule has 2 heteroatoms. The van der Waals surface area contributed by atoms with Crippen LogP contribution in [-0.2, 0) is 9.53 Å². The third-order valence-electron chi connectivity index (χ3n) is 3.67. The Labute approximate surface area is 109 Å². The fraction of sp³-hybridized carbons (Fsp3) is 0.438. The first-order chi connectivity index (χ1) is 8.79. The molecule has 1 aliphatic carbocycles. The fourth-order valence-electron chi connectivity index (χ4n) is 2.53. The highest BCUT2D eigenvalue weighted by atomic mass is 16.5. The smallest absolute Gasteiger partial charge is 0.308 e. The van der Waals surface area contributed by atoms with Crippen LogP contribution in [0.1, 0.15) is 31.2 Å². The van der Waals surface area contributed by atoms with Gasteiger partial charge in [0, 0.05) is 0 Å². The van der Waals surface area contributed by atoms with Gasteiger partial charge in [0.1, 0.15) is 0 Å². The predicted molar refractivity (Wildman–Crippen MR) is 72.9 cm³/mol. The normalized spacial score (nSPS) is 24.1. The number of carbonyl (C=O) groups is 1. The quantitative estimate of drug-likeness (QED) is 0.758. The van der Waals surface area contributed by atoms with Crippen LogP contribution in [-0.4, -0.2) is 13.1 Å². The summed E-state index contributed by atoms with van der Waals surface area (Å²) in [5.41, 5.74) is 1.24. The van der Waals surface area contributed by atoms with Crippen molar-refractivity contribution in [3.63, 3.8) is 0 Å². The van der Waals surface area contributed by atoms with Crippen LogP contribution in [0.3, 0.4) is 0 Å². The minimum atomic E-state index is -0.0412. The van der Waals surface area contributed by atoms with Crippen molar-refractivity contribution in [1.82, 2.24) is 0 Å². The Morgan fingerprint density at radius 3 is 2.44 bits per heavy atom. The topological polar surface area (TPSA) is 26.3 Å². The molecular weight excluding hydrogens is 224 g/mol. The van der Waals surface area contributed by atoms with E-state index >= 15 is 0 Å². The van der Waals surface area contributed by atoms with E-state index < -0.39 is 0 Å². The van der Waals surface area contributed by atoms with Crippen molar-refractivity contribution in [3.05, 3.63) is 42.0 Å². The zero-order chi connectivity index (χ0) is 12.8. The summed E-state index contributed by atoms with van der Waals surface area (Å²) in [7, 11) is 1.48. The van der Waals surface area contributed by atoms with E-state index in [2.05, 4.69) is 24.3 Å². The summed E-state index contributed by atoms with van der Waals surface area (Å²) in [6.07, 6.45) is 8.55. The molecule has 0 aliphatic heterocycles. The molecule has 18 heavy (non-hydrogen) atoms. The average Bonchev–Trinajstić information content (AvgIpc) is 2.46. The molecule has 0 unspecified atom stereocenters. The van der Waals surface area contributed by atoms with E-state index in [1.165, 1.54) is 12.7 Å². The second-order valence-electron chi connectivity index (χ2n) is 4.90. The van der Waals surface area contributed by atoms with Gasteiger partial charge in [-0.25, -0.2) is 0 Å². The first-order valence-electron chi connectivity index (χ1n) is 6.60. The van der Waals surface area contributed by atoms with Gasteiger partial charge in [-0.2, -0.15) is 0 Å². The monoisotopic (exact) mass is 244 g/mol. The first-order valence-corrected chi connectivity index (χ1v) is 6.60. The third-order valence-corrected chi connectivity index (χ3v) is 3.67. The van der Waals surface area contributed by atoms with Crippen molar-refractivity contribution in [3.8, 4) is 0 Å². The molecule has 96 valence electrons. The lowest BCUT2D eigenvalue weighted by atomic mass is 9.82. The second kappa shape index (κ2) is 6.39. The average molecular weight is 244 g/mol. The van der Waals surface area contributed by atoms with Crippen molar-refractivity contribution in [2.45, 2.75) is 25.7 Å². The van der Waals surface area contributed by atoms with E-state index in [1.54, 1.807) is 0 Å². The van der Waals surface area contributed by atoms with Crippen LogP contribution in [0.25, 0.3) is 6.08 Å². The zero-order valence-corrected chi connectivity index (χ0v) is 10.8. The van der Waals surface area contributed by atoms with Crippen LogP contribution < -0.4 is 0 Å². The fourth-order valence-corrected chi connectivity index (χ4v) is 2.53. The lowest BCUT2D eigenvalue weighted by Gasteiger charge is -2.24. The van der Waals surface area contributed by atoms with E-state index in [-0.39, 0.29) is 11.9 Å². The molecule has 0 saturated heterocycles. The molecule has 0 spiro atoms. The number of hydrogen-bond acceptors (Lipinski definition) is 2. The van der Waals surface area contributed by atoms with Gasteiger partial charge in [0.2, 0.25) is 0 Å². The van der Waals surface area contributed by atoms with Gasteiger partial charge in [-0.05, 0) is 37.2 Å². The Morgan fingerprint density at radius 2 is 1.83 bits per heavy atom. The van der Waals surface area contributed by atoms with Gasteiger partial charge in [-0.3, -0.25) is 4.79 Å². The van der Waals surface area contributed by atoms with Gasteiger partial charge < -0.3 is 4.74 Å². The van der Waals surface area contributed by atoms with Gasteiger partial charge in [-0.15, -0.1) is 0 Å². The maximum absolute atomic E-state index is 11.4. The number of benzene rings is 1. The summed E-state index contributed by atoms with van der Waals surface area (Å²) in [6.45, 7) is 0.